The van der Waals surface area contributed by atoms with Crippen molar-refractivity contribution in [3.8, 4) is 0 Å². The number of amides is 1. The van der Waals surface area contributed by atoms with Gasteiger partial charge in [0.2, 0.25) is 5.91 Å². The van der Waals surface area contributed by atoms with Crippen LogP contribution in [0, 0.1) is 5.92 Å². The maximum atomic E-state index is 12.7. The zero-order chi connectivity index (χ0) is 21.8. The molecule has 1 saturated heterocycles. The van der Waals surface area contributed by atoms with Gasteiger partial charge in [0.25, 0.3) is 0 Å². The number of nitrogens with one attached hydrogen (secondary N) is 1. The van der Waals surface area contributed by atoms with E-state index in [2.05, 4.69) is 45.1 Å². The minimum atomic E-state index is -0.0873. The number of fused-ring (bicyclic) bond motifs is 1. The molecule has 1 aliphatic heterocycles. The van der Waals surface area contributed by atoms with E-state index in [1.54, 1.807) is 6.20 Å². The van der Waals surface area contributed by atoms with Crippen LogP contribution in [-0.4, -0.2) is 38.9 Å². The van der Waals surface area contributed by atoms with Gasteiger partial charge in [-0.05, 0) is 50.8 Å². The molecule has 3 aromatic rings. The Morgan fingerprint density at radius 1 is 1.13 bits per heavy atom. The van der Waals surface area contributed by atoms with E-state index in [9.17, 15) is 4.79 Å². The van der Waals surface area contributed by atoms with Crippen molar-refractivity contribution in [1.82, 2.24) is 25.3 Å². The summed E-state index contributed by atoms with van der Waals surface area (Å²) in [6, 6.07) is 7.76. The molecule has 4 heterocycles. The Labute approximate surface area is 183 Å². The number of nitrogens with zero attached hydrogens (tertiary/aromatic N) is 5. The number of pyridine rings is 2. The number of anilines is 1. The molecule has 162 valence electrons. The molecule has 7 heteroatoms. The third-order valence-electron chi connectivity index (χ3n) is 6.05. The molecule has 1 fully saturated rings. The van der Waals surface area contributed by atoms with Crippen molar-refractivity contribution in [1.29, 1.82) is 0 Å². The lowest BCUT2D eigenvalue weighted by atomic mass is 9.95. The first-order chi connectivity index (χ1) is 15.1. The number of piperidine rings is 1. The standard InChI is InChI=1S/C24H30N6O/c1-4-19-20(5-2)29-23-22(28-19)14-18(15-26-23)30-12-9-17(10-13-30)24(31)27-16(3)21-8-6-7-11-25-21/h6-8,11,14-17H,4-5,9-10,12-13H2,1-3H3,(H,27,31)/t16-/m1/s1. The zero-order valence-electron chi connectivity index (χ0n) is 18.5. The van der Waals surface area contributed by atoms with Gasteiger partial charge in [0, 0.05) is 25.2 Å². The van der Waals surface area contributed by atoms with Crippen LogP contribution in [0.2, 0.25) is 0 Å². The Morgan fingerprint density at radius 2 is 1.87 bits per heavy atom. The third-order valence-corrected chi connectivity index (χ3v) is 6.05. The molecule has 4 rings (SSSR count). The molecule has 0 aliphatic carbocycles. The number of hydrogen-bond donors (Lipinski definition) is 1. The first kappa shape index (κ1) is 21.2. The lowest BCUT2D eigenvalue weighted by Crippen LogP contribution is -2.41. The maximum Gasteiger partial charge on any atom is 0.223 e. The normalized spacial score (nSPS) is 15.8. The summed E-state index contributed by atoms with van der Waals surface area (Å²) in [5.41, 5.74) is 5.56. The molecule has 1 N–H and O–H groups in total. The van der Waals surface area contributed by atoms with Crippen LogP contribution < -0.4 is 10.2 Å². The van der Waals surface area contributed by atoms with Gasteiger partial charge in [-0.25, -0.2) is 15.0 Å². The van der Waals surface area contributed by atoms with Gasteiger partial charge in [0.05, 0.1) is 35.0 Å². The fourth-order valence-electron chi connectivity index (χ4n) is 4.18. The van der Waals surface area contributed by atoms with E-state index in [0.29, 0.717) is 5.65 Å². The van der Waals surface area contributed by atoms with E-state index in [1.807, 2.05) is 31.3 Å². The van der Waals surface area contributed by atoms with Crippen LogP contribution >= 0.6 is 0 Å². The number of aromatic nitrogens is 4. The van der Waals surface area contributed by atoms with Crippen molar-refractivity contribution in [3.63, 3.8) is 0 Å². The van der Waals surface area contributed by atoms with Gasteiger partial charge in [0.1, 0.15) is 5.52 Å². The van der Waals surface area contributed by atoms with Crippen LogP contribution in [-0.2, 0) is 17.6 Å². The maximum absolute atomic E-state index is 12.7. The summed E-state index contributed by atoms with van der Waals surface area (Å²) in [6.45, 7) is 7.83. The molecule has 0 unspecified atom stereocenters. The van der Waals surface area contributed by atoms with Gasteiger partial charge in [0.15, 0.2) is 5.65 Å². The van der Waals surface area contributed by atoms with Gasteiger partial charge in [-0.2, -0.15) is 0 Å². The Balaban J connectivity index is 1.40. The second kappa shape index (κ2) is 9.37. The Bertz CT molecular complexity index is 1050. The predicted molar refractivity (Wildman–Crippen MR) is 122 cm³/mol. The highest BCUT2D eigenvalue weighted by atomic mass is 16.1. The highest BCUT2D eigenvalue weighted by molar-refractivity contribution is 5.79. The molecule has 3 aromatic heterocycles. The highest BCUT2D eigenvalue weighted by Crippen LogP contribution is 2.26. The van der Waals surface area contributed by atoms with E-state index in [-0.39, 0.29) is 17.9 Å². The topological polar surface area (TPSA) is 83.9 Å². The van der Waals surface area contributed by atoms with Crippen molar-refractivity contribution in [2.75, 3.05) is 18.0 Å². The Morgan fingerprint density at radius 3 is 2.55 bits per heavy atom. The fourth-order valence-corrected chi connectivity index (χ4v) is 4.18. The molecule has 1 amide bonds. The SMILES string of the molecule is CCc1nc2cc(N3CCC(C(=O)N[C@H](C)c4ccccn4)CC3)cnc2nc1CC. The van der Waals surface area contributed by atoms with Gasteiger partial charge >= 0.3 is 0 Å². The van der Waals surface area contributed by atoms with Gasteiger partial charge in [-0.3, -0.25) is 9.78 Å². The van der Waals surface area contributed by atoms with E-state index in [1.165, 1.54) is 0 Å². The van der Waals surface area contributed by atoms with Gasteiger partial charge in [-0.1, -0.05) is 19.9 Å². The third kappa shape index (κ3) is 4.65. The Hall–Kier alpha value is -3.09. The molecular formula is C24H30N6O. The first-order valence-corrected chi connectivity index (χ1v) is 11.2. The molecule has 7 nitrogen and oxygen atoms in total. The van der Waals surface area contributed by atoms with Crippen molar-refractivity contribution in [3.05, 3.63) is 53.7 Å². The van der Waals surface area contributed by atoms with E-state index in [4.69, 9.17) is 4.98 Å². The summed E-state index contributed by atoms with van der Waals surface area (Å²) in [7, 11) is 0. The smallest absolute Gasteiger partial charge is 0.223 e. The zero-order valence-corrected chi connectivity index (χ0v) is 18.5. The molecule has 0 aromatic carbocycles. The van der Waals surface area contributed by atoms with E-state index >= 15 is 0 Å². The van der Waals surface area contributed by atoms with Crippen LogP contribution in [0.5, 0.6) is 0 Å². The molecule has 31 heavy (non-hydrogen) atoms. The minimum absolute atomic E-state index is 0.0226. The predicted octanol–water partition coefficient (Wildman–Crippen LogP) is 3.64. The summed E-state index contributed by atoms with van der Waals surface area (Å²) in [4.78, 5) is 33.4. The van der Waals surface area contributed by atoms with Crippen molar-refractivity contribution in [2.45, 2.75) is 52.5 Å². The largest absolute Gasteiger partial charge is 0.370 e. The minimum Gasteiger partial charge on any atom is -0.370 e. The molecular weight excluding hydrogens is 388 g/mol. The summed E-state index contributed by atoms with van der Waals surface area (Å²) in [6.07, 6.45) is 7.01. The van der Waals surface area contributed by atoms with Crippen LogP contribution in [0.1, 0.15) is 56.7 Å². The average molecular weight is 419 g/mol. The number of carbonyl (C=O) groups excluding carboxylic acids is 1. The molecule has 0 saturated carbocycles. The Kier molecular flexibility index (Phi) is 6.39. The van der Waals surface area contributed by atoms with Crippen LogP contribution in [0.15, 0.2) is 36.7 Å². The number of hydrogen-bond acceptors (Lipinski definition) is 6. The number of aryl methyl sites for hydroxylation is 2. The molecule has 0 spiro atoms. The van der Waals surface area contributed by atoms with E-state index < -0.39 is 0 Å². The quantitative estimate of drug-likeness (QED) is 0.658. The second-order valence-electron chi connectivity index (χ2n) is 8.11. The van der Waals surface area contributed by atoms with Crippen molar-refractivity contribution >= 4 is 22.8 Å². The van der Waals surface area contributed by atoms with Gasteiger partial charge in [-0.15, -0.1) is 0 Å². The summed E-state index contributed by atoms with van der Waals surface area (Å²) < 4.78 is 0. The monoisotopic (exact) mass is 418 g/mol. The average Bonchev–Trinajstić information content (AvgIpc) is 2.83. The molecule has 0 bridgehead atoms. The fraction of sp³-hybridized carbons (Fsp3) is 0.458. The summed E-state index contributed by atoms with van der Waals surface area (Å²) in [5.74, 6) is 0.134. The van der Waals surface area contributed by atoms with E-state index in [0.717, 1.165) is 67.1 Å². The number of rotatable bonds is 6. The summed E-state index contributed by atoms with van der Waals surface area (Å²) >= 11 is 0. The van der Waals surface area contributed by atoms with Crippen LogP contribution in [0.3, 0.4) is 0 Å². The van der Waals surface area contributed by atoms with Crippen LogP contribution in [0.4, 0.5) is 5.69 Å². The first-order valence-electron chi connectivity index (χ1n) is 11.2. The van der Waals surface area contributed by atoms with Gasteiger partial charge < -0.3 is 10.2 Å². The second-order valence-corrected chi connectivity index (χ2v) is 8.11. The van der Waals surface area contributed by atoms with Crippen molar-refractivity contribution in [2.24, 2.45) is 5.92 Å². The molecule has 1 atom stereocenters. The highest BCUT2D eigenvalue weighted by Gasteiger charge is 2.26. The summed E-state index contributed by atoms with van der Waals surface area (Å²) in [5, 5.41) is 3.12. The van der Waals surface area contributed by atoms with Crippen molar-refractivity contribution < 1.29 is 4.79 Å². The molecule has 0 radical (unpaired) electrons. The lowest BCUT2D eigenvalue weighted by Gasteiger charge is -2.33. The number of carbonyl (C=O) groups is 1. The molecule has 1 aliphatic rings. The lowest BCUT2D eigenvalue weighted by molar-refractivity contribution is -0.126. The van der Waals surface area contributed by atoms with Crippen LogP contribution in [0.25, 0.3) is 11.2 Å².